The highest BCUT2D eigenvalue weighted by molar-refractivity contribution is 6.04. The van der Waals surface area contributed by atoms with E-state index in [2.05, 4.69) is 20.5 Å². The van der Waals surface area contributed by atoms with E-state index < -0.39 is 35.1 Å². The number of hydrogen-bond donors (Lipinski definition) is 2. The summed E-state index contributed by atoms with van der Waals surface area (Å²) >= 11 is 0. The molecule has 4 rings (SSSR count). The third kappa shape index (κ3) is 4.60. The third-order valence-corrected chi connectivity index (χ3v) is 5.59. The van der Waals surface area contributed by atoms with Crippen molar-refractivity contribution in [1.29, 1.82) is 0 Å². The molecule has 1 amide bonds. The molecule has 0 unspecified atom stereocenters. The average Bonchev–Trinajstić information content (AvgIpc) is 3.28. The number of nitrogens with zero attached hydrogens (tertiary/aromatic N) is 2. The number of nitrogens with one attached hydrogen (secondary N) is 2. The Morgan fingerprint density at radius 2 is 1.52 bits per heavy atom. The third-order valence-electron chi connectivity index (χ3n) is 5.59. The Kier molecular flexibility index (Phi) is 5.32. The zero-order chi connectivity index (χ0) is 22.4. The highest BCUT2D eigenvalue weighted by Crippen LogP contribution is 2.37. The highest BCUT2D eigenvalue weighted by Gasteiger charge is 2.38. The van der Waals surface area contributed by atoms with Crippen molar-refractivity contribution in [3.05, 3.63) is 53.3 Å². The first kappa shape index (κ1) is 21.4. The van der Waals surface area contributed by atoms with Crippen LogP contribution in [-0.2, 0) is 12.4 Å². The van der Waals surface area contributed by atoms with Crippen molar-refractivity contribution in [1.82, 2.24) is 10.3 Å². The van der Waals surface area contributed by atoms with E-state index >= 15 is 0 Å². The van der Waals surface area contributed by atoms with Gasteiger partial charge in [0, 0.05) is 38.1 Å². The van der Waals surface area contributed by atoms with Crippen LogP contribution in [0.3, 0.4) is 0 Å². The standard InChI is InChI=1S/C20H18F6N4O/c21-19(22,23)14-2-15(20(24,25)26)4-16(3-14)29-18(31)11-1-17(8-28-5-11)30-9-12-6-27-7-13(12)10-30/h1-5,8,12-13,27H,6-7,9-10H2,(H,29,31)/t12-,13+. The number of alkyl halides is 6. The lowest BCUT2D eigenvalue weighted by Gasteiger charge is -2.20. The van der Waals surface area contributed by atoms with Gasteiger partial charge >= 0.3 is 12.4 Å². The van der Waals surface area contributed by atoms with Crippen LogP contribution in [0.15, 0.2) is 36.7 Å². The lowest BCUT2D eigenvalue weighted by atomic mass is 10.0. The number of fused-ring (bicyclic) bond motifs is 1. The summed E-state index contributed by atoms with van der Waals surface area (Å²) in [5, 5.41) is 5.45. The Labute approximate surface area is 173 Å². The number of benzene rings is 1. The SMILES string of the molecule is O=C(Nc1cc(C(F)(F)F)cc(C(F)(F)F)c1)c1cncc(N2C[C@H]3CNC[C@H]3C2)c1. The number of carbonyl (C=O) groups excluding carboxylic acids is 1. The van der Waals surface area contributed by atoms with Gasteiger partial charge in [-0.15, -0.1) is 0 Å². The number of anilines is 2. The molecule has 0 spiro atoms. The van der Waals surface area contributed by atoms with Crippen LogP contribution in [0, 0.1) is 11.8 Å². The van der Waals surface area contributed by atoms with Gasteiger partial charge in [-0.1, -0.05) is 0 Å². The molecule has 2 N–H and O–H groups in total. The molecular weight excluding hydrogens is 426 g/mol. The predicted octanol–water partition coefficient (Wildman–Crippen LogP) is 4.03. The summed E-state index contributed by atoms with van der Waals surface area (Å²) in [6.45, 7) is 3.39. The van der Waals surface area contributed by atoms with Gasteiger partial charge in [0.25, 0.3) is 5.91 Å². The molecule has 1 aromatic carbocycles. The van der Waals surface area contributed by atoms with Gasteiger partial charge in [-0.05, 0) is 36.1 Å². The van der Waals surface area contributed by atoms with Crippen LogP contribution in [0.4, 0.5) is 37.7 Å². The second-order valence-corrected chi connectivity index (χ2v) is 7.76. The molecule has 166 valence electrons. The van der Waals surface area contributed by atoms with Crippen LogP contribution < -0.4 is 15.5 Å². The first-order valence-corrected chi connectivity index (χ1v) is 9.52. The Morgan fingerprint density at radius 1 is 0.935 bits per heavy atom. The first-order chi connectivity index (χ1) is 14.5. The minimum Gasteiger partial charge on any atom is -0.370 e. The molecule has 3 heterocycles. The van der Waals surface area contributed by atoms with E-state index in [9.17, 15) is 31.1 Å². The molecule has 2 atom stereocenters. The molecule has 2 fully saturated rings. The molecule has 11 heteroatoms. The summed E-state index contributed by atoms with van der Waals surface area (Å²) in [7, 11) is 0. The van der Waals surface area contributed by atoms with E-state index in [0.717, 1.165) is 26.2 Å². The summed E-state index contributed by atoms with van der Waals surface area (Å²) in [4.78, 5) is 18.7. The maximum atomic E-state index is 13.0. The number of pyridine rings is 1. The van der Waals surface area contributed by atoms with Crippen molar-refractivity contribution >= 4 is 17.3 Å². The van der Waals surface area contributed by atoms with Crippen LogP contribution >= 0.6 is 0 Å². The molecule has 2 aliphatic rings. The summed E-state index contributed by atoms with van der Waals surface area (Å²) in [6.07, 6.45) is -7.19. The number of aromatic nitrogens is 1. The molecule has 0 saturated carbocycles. The molecule has 2 aliphatic heterocycles. The first-order valence-electron chi connectivity index (χ1n) is 9.52. The van der Waals surface area contributed by atoms with E-state index in [4.69, 9.17) is 0 Å². The van der Waals surface area contributed by atoms with Crippen LogP contribution in [-0.4, -0.2) is 37.1 Å². The lowest BCUT2D eigenvalue weighted by molar-refractivity contribution is -0.143. The Hall–Kier alpha value is -2.82. The fourth-order valence-electron chi connectivity index (χ4n) is 4.02. The zero-order valence-corrected chi connectivity index (χ0v) is 16.0. The number of halogens is 6. The van der Waals surface area contributed by atoms with Gasteiger partial charge in [0.1, 0.15) is 0 Å². The van der Waals surface area contributed by atoms with E-state index in [-0.39, 0.29) is 11.6 Å². The van der Waals surface area contributed by atoms with Crippen LogP contribution in [0.25, 0.3) is 0 Å². The highest BCUT2D eigenvalue weighted by atomic mass is 19.4. The molecule has 1 aromatic heterocycles. The van der Waals surface area contributed by atoms with Crippen molar-refractivity contribution in [3.8, 4) is 0 Å². The minimum absolute atomic E-state index is 0.0108. The molecule has 2 saturated heterocycles. The topological polar surface area (TPSA) is 57.3 Å². The van der Waals surface area contributed by atoms with Gasteiger partial charge in [0.15, 0.2) is 0 Å². The predicted molar refractivity (Wildman–Crippen MR) is 101 cm³/mol. The van der Waals surface area contributed by atoms with Gasteiger partial charge in [-0.25, -0.2) is 0 Å². The normalized spacial score (nSPS) is 21.3. The van der Waals surface area contributed by atoms with Crippen LogP contribution in [0.2, 0.25) is 0 Å². The van der Waals surface area contributed by atoms with Gasteiger partial charge < -0.3 is 15.5 Å². The molecule has 0 radical (unpaired) electrons. The quantitative estimate of drug-likeness (QED) is 0.703. The summed E-state index contributed by atoms with van der Waals surface area (Å²) in [6, 6.07) is 2.49. The second kappa shape index (κ2) is 7.70. The van der Waals surface area contributed by atoms with Crippen molar-refractivity contribution in [2.75, 3.05) is 36.4 Å². The smallest absolute Gasteiger partial charge is 0.370 e. The van der Waals surface area contributed by atoms with Crippen LogP contribution in [0.5, 0.6) is 0 Å². The van der Waals surface area contributed by atoms with E-state index in [1.165, 1.54) is 12.3 Å². The van der Waals surface area contributed by atoms with E-state index in [1.807, 2.05) is 0 Å². The van der Waals surface area contributed by atoms with Crippen molar-refractivity contribution in [3.63, 3.8) is 0 Å². The summed E-state index contributed by atoms with van der Waals surface area (Å²) < 4.78 is 78.1. The maximum Gasteiger partial charge on any atom is 0.416 e. The number of amides is 1. The molecule has 5 nitrogen and oxygen atoms in total. The van der Waals surface area contributed by atoms with E-state index in [0.29, 0.717) is 29.7 Å². The molecular formula is C20H18F6N4O. The van der Waals surface area contributed by atoms with Crippen LogP contribution in [0.1, 0.15) is 21.5 Å². The molecule has 31 heavy (non-hydrogen) atoms. The Morgan fingerprint density at radius 3 is 2.06 bits per heavy atom. The van der Waals surface area contributed by atoms with Crippen molar-refractivity contribution in [2.24, 2.45) is 11.8 Å². The summed E-state index contributed by atoms with van der Waals surface area (Å²) in [5.74, 6) is 0.134. The summed E-state index contributed by atoms with van der Waals surface area (Å²) in [5.41, 5.74) is -2.87. The van der Waals surface area contributed by atoms with Crippen molar-refractivity contribution in [2.45, 2.75) is 12.4 Å². The second-order valence-electron chi connectivity index (χ2n) is 7.76. The van der Waals surface area contributed by atoms with Crippen molar-refractivity contribution < 1.29 is 31.1 Å². The Bertz CT molecular complexity index is 946. The maximum absolute atomic E-state index is 13.0. The van der Waals surface area contributed by atoms with Gasteiger partial charge in [-0.3, -0.25) is 9.78 Å². The number of rotatable bonds is 3. The fourth-order valence-corrected chi connectivity index (χ4v) is 4.02. The molecule has 2 aromatic rings. The number of carbonyl (C=O) groups is 1. The minimum atomic E-state index is -5.00. The van der Waals surface area contributed by atoms with Gasteiger partial charge in [-0.2, -0.15) is 26.3 Å². The Balaban J connectivity index is 1.56. The largest absolute Gasteiger partial charge is 0.416 e. The molecule has 0 bridgehead atoms. The zero-order valence-electron chi connectivity index (χ0n) is 16.0. The van der Waals surface area contributed by atoms with E-state index in [1.54, 1.807) is 6.20 Å². The van der Waals surface area contributed by atoms with Gasteiger partial charge in [0.05, 0.1) is 28.6 Å². The van der Waals surface area contributed by atoms with Gasteiger partial charge in [0.2, 0.25) is 0 Å². The molecule has 0 aliphatic carbocycles. The fraction of sp³-hybridized carbons (Fsp3) is 0.400. The monoisotopic (exact) mass is 444 g/mol. The number of hydrogen-bond acceptors (Lipinski definition) is 4. The lowest BCUT2D eigenvalue weighted by Crippen LogP contribution is -2.26. The average molecular weight is 444 g/mol.